The molecule has 2 nitrogen and oxygen atoms in total. The van der Waals surface area contributed by atoms with Crippen LogP contribution in [-0.4, -0.2) is 11.9 Å². The summed E-state index contributed by atoms with van der Waals surface area (Å²) >= 11 is 5.85. The monoisotopic (exact) mass is 297 g/mol. The van der Waals surface area contributed by atoms with Crippen LogP contribution in [0.3, 0.4) is 0 Å². The largest absolute Gasteiger partial charge is 0.305 e. The second-order valence-corrected chi connectivity index (χ2v) is 5.71. The Bertz CT molecular complexity index is 691. The molecule has 0 aliphatic carbocycles. The molecule has 3 rings (SSSR count). The number of para-hydroxylation sites is 1. The minimum Gasteiger partial charge on any atom is -0.305 e. The van der Waals surface area contributed by atoms with E-state index >= 15 is 0 Å². The predicted octanol–water partition coefficient (Wildman–Crippen LogP) is 4.33. The van der Waals surface area contributed by atoms with Crippen molar-refractivity contribution >= 4 is 29.3 Å². The maximum Gasteiger partial charge on any atom is 0.251 e. The molecule has 0 saturated heterocycles. The maximum absolute atomic E-state index is 12.5. The zero-order chi connectivity index (χ0) is 14.8. The number of halogens is 1. The molecule has 3 heteroatoms. The Balaban J connectivity index is 1.81. The van der Waals surface area contributed by atoms with E-state index in [1.54, 1.807) is 6.08 Å². The molecule has 0 N–H and O–H groups in total. The highest BCUT2D eigenvalue weighted by Gasteiger charge is 2.28. The smallest absolute Gasteiger partial charge is 0.251 e. The lowest BCUT2D eigenvalue weighted by molar-refractivity contribution is -0.114. The Morgan fingerprint density at radius 1 is 1.19 bits per heavy atom. The lowest BCUT2D eigenvalue weighted by Gasteiger charge is -2.20. The van der Waals surface area contributed by atoms with Crippen LogP contribution in [0.15, 0.2) is 54.6 Å². The number of fused-ring (bicyclic) bond motifs is 1. The molecule has 2 aromatic carbocycles. The van der Waals surface area contributed by atoms with Crippen LogP contribution in [0.5, 0.6) is 0 Å². The summed E-state index contributed by atoms with van der Waals surface area (Å²) in [7, 11) is 0. The van der Waals surface area contributed by atoms with E-state index in [9.17, 15) is 4.79 Å². The number of hydrogen-bond donors (Lipinski definition) is 0. The molecule has 2 aromatic rings. The van der Waals surface area contributed by atoms with E-state index in [1.807, 2.05) is 53.4 Å². The average Bonchev–Trinajstić information content (AvgIpc) is 2.82. The Morgan fingerprint density at radius 3 is 2.67 bits per heavy atom. The van der Waals surface area contributed by atoms with Crippen LogP contribution in [0.4, 0.5) is 5.69 Å². The predicted molar refractivity (Wildman–Crippen MR) is 87.6 cm³/mol. The number of carbonyl (C=O) groups excluding carboxylic acids is 1. The highest BCUT2D eigenvalue weighted by atomic mass is 35.5. The molecule has 0 saturated carbocycles. The van der Waals surface area contributed by atoms with Crippen molar-refractivity contribution in [3.05, 3.63) is 70.8 Å². The first-order chi connectivity index (χ1) is 10.1. The molecule has 21 heavy (non-hydrogen) atoms. The van der Waals surface area contributed by atoms with E-state index in [4.69, 9.17) is 11.6 Å². The fourth-order valence-corrected chi connectivity index (χ4v) is 2.85. The summed E-state index contributed by atoms with van der Waals surface area (Å²) in [6.45, 7) is 2.08. The van der Waals surface area contributed by atoms with Crippen molar-refractivity contribution in [1.82, 2.24) is 0 Å². The van der Waals surface area contributed by atoms with Crippen LogP contribution in [-0.2, 0) is 11.2 Å². The van der Waals surface area contributed by atoms with Crippen molar-refractivity contribution in [1.29, 1.82) is 0 Å². The normalized spacial score (nSPS) is 17.2. The van der Waals surface area contributed by atoms with Crippen LogP contribution >= 0.6 is 11.6 Å². The Labute approximate surface area is 129 Å². The zero-order valence-electron chi connectivity index (χ0n) is 11.8. The number of benzene rings is 2. The van der Waals surface area contributed by atoms with Crippen molar-refractivity contribution in [2.75, 3.05) is 4.90 Å². The number of carbonyl (C=O) groups is 1. The summed E-state index contributed by atoms with van der Waals surface area (Å²) < 4.78 is 0. The molecule has 1 atom stereocenters. The van der Waals surface area contributed by atoms with Gasteiger partial charge in [0.15, 0.2) is 0 Å². The van der Waals surface area contributed by atoms with Crippen molar-refractivity contribution in [2.45, 2.75) is 19.4 Å². The van der Waals surface area contributed by atoms with Crippen molar-refractivity contribution in [2.24, 2.45) is 0 Å². The Morgan fingerprint density at radius 2 is 1.90 bits per heavy atom. The molecule has 0 radical (unpaired) electrons. The van der Waals surface area contributed by atoms with E-state index in [1.165, 1.54) is 5.56 Å². The van der Waals surface area contributed by atoms with E-state index in [-0.39, 0.29) is 11.9 Å². The van der Waals surface area contributed by atoms with Gasteiger partial charge in [-0.15, -0.1) is 0 Å². The molecule has 1 aliphatic heterocycles. The fourth-order valence-electron chi connectivity index (χ4n) is 2.72. The number of amides is 1. The number of hydrogen-bond acceptors (Lipinski definition) is 1. The van der Waals surface area contributed by atoms with Gasteiger partial charge in [-0.25, -0.2) is 0 Å². The molecule has 0 bridgehead atoms. The Hall–Kier alpha value is -2.06. The van der Waals surface area contributed by atoms with E-state index in [2.05, 4.69) is 13.0 Å². The van der Waals surface area contributed by atoms with Crippen molar-refractivity contribution in [3.63, 3.8) is 0 Å². The lowest BCUT2D eigenvalue weighted by atomic mass is 10.1. The van der Waals surface area contributed by atoms with Crippen LogP contribution in [0.25, 0.3) is 6.08 Å². The molecule has 1 aliphatic rings. The fraction of sp³-hybridized carbons (Fsp3) is 0.167. The van der Waals surface area contributed by atoms with E-state index in [0.29, 0.717) is 5.02 Å². The van der Waals surface area contributed by atoms with Crippen LogP contribution in [0.1, 0.15) is 18.1 Å². The summed E-state index contributed by atoms with van der Waals surface area (Å²) in [6.07, 6.45) is 4.37. The topological polar surface area (TPSA) is 20.3 Å². The number of nitrogens with zero attached hydrogens (tertiary/aromatic N) is 1. The molecule has 0 spiro atoms. The second kappa shape index (κ2) is 5.74. The van der Waals surface area contributed by atoms with Gasteiger partial charge in [-0.3, -0.25) is 4.79 Å². The second-order valence-electron chi connectivity index (χ2n) is 5.27. The molecular weight excluding hydrogens is 282 g/mol. The van der Waals surface area contributed by atoms with E-state index < -0.39 is 0 Å². The van der Waals surface area contributed by atoms with Gasteiger partial charge in [0.2, 0.25) is 0 Å². The minimum absolute atomic E-state index is 0.0161. The van der Waals surface area contributed by atoms with Gasteiger partial charge in [-0.2, -0.15) is 0 Å². The summed E-state index contributed by atoms with van der Waals surface area (Å²) in [5, 5.41) is 0.695. The Kier molecular flexibility index (Phi) is 3.80. The van der Waals surface area contributed by atoms with Crippen LogP contribution in [0, 0.1) is 0 Å². The van der Waals surface area contributed by atoms with Gasteiger partial charge in [0, 0.05) is 22.8 Å². The van der Waals surface area contributed by atoms with Gasteiger partial charge >= 0.3 is 0 Å². The highest BCUT2D eigenvalue weighted by molar-refractivity contribution is 6.30. The average molecular weight is 298 g/mol. The summed E-state index contributed by atoms with van der Waals surface area (Å²) in [6, 6.07) is 15.7. The zero-order valence-corrected chi connectivity index (χ0v) is 12.5. The summed E-state index contributed by atoms with van der Waals surface area (Å²) in [5.74, 6) is 0.0161. The van der Waals surface area contributed by atoms with Gasteiger partial charge in [-0.1, -0.05) is 41.9 Å². The molecule has 106 valence electrons. The van der Waals surface area contributed by atoms with Gasteiger partial charge in [-0.05, 0) is 48.7 Å². The van der Waals surface area contributed by atoms with Crippen LogP contribution < -0.4 is 4.90 Å². The van der Waals surface area contributed by atoms with Gasteiger partial charge in [0.1, 0.15) is 0 Å². The third-order valence-corrected chi connectivity index (χ3v) is 3.99. The minimum atomic E-state index is 0.0161. The summed E-state index contributed by atoms with van der Waals surface area (Å²) in [5.41, 5.74) is 3.22. The molecule has 0 aromatic heterocycles. The highest BCUT2D eigenvalue weighted by Crippen LogP contribution is 2.32. The molecular formula is C18H16ClNO. The van der Waals surface area contributed by atoms with Crippen molar-refractivity contribution in [3.8, 4) is 0 Å². The first-order valence-corrected chi connectivity index (χ1v) is 7.38. The lowest BCUT2D eigenvalue weighted by Crippen LogP contribution is -2.34. The van der Waals surface area contributed by atoms with E-state index in [0.717, 1.165) is 17.7 Å². The van der Waals surface area contributed by atoms with Crippen molar-refractivity contribution < 1.29 is 4.79 Å². The number of rotatable bonds is 2. The standard InChI is InChI=1S/C18H16ClNO/c1-13-12-15-4-2-3-5-17(15)20(13)18(21)11-8-14-6-9-16(19)10-7-14/h2-11,13H,12H2,1H3/b11-8+. The third kappa shape index (κ3) is 2.86. The molecule has 1 amide bonds. The quantitative estimate of drug-likeness (QED) is 0.756. The maximum atomic E-state index is 12.5. The summed E-state index contributed by atoms with van der Waals surface area (Å²) in [4.78, 5) is 14.3. The molecule has 1 unspecified atom stereocenters. The van der Waals surface area contributed by atoms with Crippen LogP contribution in [0.2, 0.25) is 5.02 Å². The molecule has 1 heterocycles. The molecule has 0 fully saturated rings. The van der Waals surface area contributed by atoms with Gasteiger partial charge < -0.3 is 4.90 Å². The van der Waals surface area contributed by atoms with Gasteiger partial charge in [0.25, 0.3) is 5.91 Å². The SMILES string of the molecule is CC1Cc2ccccc2N1C(=O)/C=C/c1ccc(Cl)cc1. The third-order valence-electron chi connectivity index (χ3n) is 3.73. The number of anilines is 1. The first kappa shape index (κ1) is 13.9. The first-order valence-electron chi connectivity index (χ1n) is 7.00. The van der Waals surface area contributed by atoms with Gasteiger partial charge in [0.05, 0.1) is 0 Å².